The number of rotatable bonds is 3. The summed E-state index contributed by atoms with van der Waals surface area (Å²) in [7, 11) is 0. The van der Waals surface area contributed by atoms with Crippen molar-refractivity contribution in [2.75, 3.05) is 24.6 Å². The van der Waals surface area contributed by atoms with Crippen molar-refractivity contribution in [1.82, 2.24) is 14.7 Å². The first kappa shape index (κ1) is 18.6. The first-order chi connectivity index (χ1) is 10.7. The number of aromatic nitrogens is 2. The van der Waals surface area contributed by atoms with Crippen molar-refractivity contribution in [3.63, 3.8) is 0 Å². The van der Waals surface area contributed by atoms with Crippen LogP contribution in [0.1, 0.15) is 5.56 Å². The molecule has 1 aromatic heterocycles. The number of benzene rings is 1. The summed E-state index contributed by atoms with van der Waals surface area (Å²) in [6, 6.07) is 8.04. The third-order valence-electron chi connectivity index (χ3n) is 3.49. The molecule has 0 amide bonds. The molecular weight excluding hydrogens is 489 g/mol. The van der Waals surface area contributed by atoms with Gasteiger partial charge in [0.1, 0.15) is 0 Å². The van der Waals surface area contributed by atoms with Crippen LogP contribution in [0.4, 0.5) is 0 Å². The number of thioether (sulfide) groups is 1. The molecule has 0 aliphatic carbocycles. The fourth-order valence-electron chi connectivity index (χ4n) is 2.24. The summed E-state index contributed by atoms with van der Waals surface area (Å²) in [4.78, 5) is 6.64. The highest BCUT2D eigenvalue weighted by Gasteiger charge is 2.12. The number of aliphatic imine (C=N–C) groups is 1. The third-order valence-corrected chi connectivity index (χ3v) is 4.96. The first-order valence-corrected chi connectivity index (χ1v) is 9.09. The van der Waals surface area contributed by atoms with Gasteiger partial charge in [0.05, 0.1) is 18.4 Å². The summed E-state index contributed by atoms with van der Waals surface area (Å²) in [6.45, 7) is 2.53. The fourth-order valence-corrected chi connectivity index (χ4v) is 3.41. The smallest absolute Gasteiger partial charge is 0.191 e. The number of halogens is 2. The van der Waals surface area contributed by atoms with Gasteiger partial charge in [-0.2, -0.15) is 16.9 Å². The Morgan fingerprint density at radius 2 is 1.96 bits per heavy atom. The summed E-state index contributed by atoms with van der Waals surface area (Å²) in [5.41, 5.74) is 8.15. The van der Waals surface area contributed by atoms with E-state index in [2.05, 4.69) is 30.9 Å². The van der Waals surface area contributed by atoms with Crippen LogP contribution in [0.15, 0.2) is 46.1 Å². The number of hydrogen-bond donors (Lipinski definition) is 1. The molecule has 3 rings (SSSR count). The van der Waals surface area contributed by atoms with E-state index in [1.54, 1.807) is 0 Å². The molecule has 0 saturated carbocycles. The molecule has 23 heavy (non-hydrogen) atoms. The Kier molecular flexibility index (Phi) is 7.22. The second-order valence-corrected chi connectivity index (χ2v) is 7.18. The molecule has 2 aromatic rings. The van der Waals surface area contributed by atoms with Gasteiger partial charge in [-0.15, -0.1) is 24.0 Å². The van der Waals surface area contributed by atoms with Crippen molar-refractivity contribution >= 4 is 57.6 Å². The lowest BCUT2D eigenvalue weighted by atomic mass is 10.3. The zero-order chi connectivity index (χ0) is 15.4. The van der Waals surface area contributed by atoms with Gasteiger partial charge in [-0.25, -0.2) is 9.67 Å². The van der Waals surface area contributed by atoms with Crippen LogP contribution >= 0.6 is 51.7 Å². The van der Waals surface area contributed by atoms with Crippen molar-refractivity contribution in [3.8, 4) is 5.69 Å². The highest BCUT2D eigenvalue weighted by Crippen LogP contribution is 2.14. The van der Waals surface area contributed by atoms with Gasteiger partial charge in [0, 0.05) is 40.8 Å². The van der Waals surface area contributed by atoms with Crippen molar-refractivity contribution in [2.24, 2.45) is 10.7 Å². The van der Waals surface area contributed by atoms with Gasteiger partial charge in [0.2, 0.25) is 0 Å². The van der Waals surface area contributed by atoms with Gasteiger partial charge in [-0.1, -0.05) is 15.9 Å². The second-order valence-electron chi connectivity index (χ2n) is 5.04. The number of hydrogen-bond acceptors (Lipinski definition) is 3. The number of nitrogens with zero attached hydrogens (tertiary/aromatic N) is 4. The van der Waals surface area contributed by atoms with E-state index >= 15 is 0 Å². The Labute approximate surface area is 165 Å². The van der Waals surface area contributed by atoms with E-state index in [1.807, 2.05) is 53.1 Å². The SMILES string of the molecule is I.NC(=NCc1cnn(-c2ccc(Br)cc2)c1)N1CCSCC1. The van der Waals surface area contributed by atoms with E-state index < -0.39 is 0 Å². The standard InChI is InChI=1S/C15H18BrN5S.HI/c16-13-1-3-14(4-2-13)21-11-12(10-19-21)9-18-15(17)20-5-7-22-8-6-20;/h1-4,10-11H,5-9H2,(H2,17,18);1H. The van der Waals surface area contributed by atoms with Crippen molar-refractivity contribution < 1.29 is 0 Å². The van der Waals surface area contributed by atoms with E-state index in [0.29, 0.717) is 12.5 Å². The van der Waals surface area contributed by atoms with Crippen molar-refractivity contribution in [3.05, 3.63) is 46.7 Å². The minimum atomic E-state index is 0. The van der Waals surface area contributed by atoms with E-state index in [1.165, 1.54) is 0 Å². The number of guanidine groups is 1. The van der Waals surface area contributed by atoms with Crippen LogP contribution in [0, 0.1) is 0 Å². The van der Waals surface area contributed by atoms with E-state index in [4.69, 9.17) is 5.73 Å². The summed E-state index contributed by atoms with van der Waals surface area (Å²) in [5, 5.41) is 4.38. The van der Waals surface area contributed by atoms with Crippen LogP contribution in [0.25, 0.3) is 5.69 Å². The molecule has 2 N–H and O–H groups in total. The zero-order valence-electron chi connectivity index (χ0n) is 12.6. The first-order valence-electron chi connectivity index (χ1n) is 7.14. The molecule has 1 aliphatic rings. The minimum absolute atomic E-state index is 0. The summed E-state index contributed by atoms with van der Waals surface area (Å²) in [5.74, 6) is 2.88. The van der Waals surface area contributed by atoms with Gasteiger partial charge >= 0.3 is 0 Å². The maximum atomic E-state index is 6.07. The third kappa shape index (κ3) is 5.12. The average Bonchev–Trinajstić information content (AvgIpc) is 3.03. The van der Waals surface area contributed by atoms with Crippen LogP contribution in [-0.2, 0) is 6.54 Å². The van der Waals surface area contributed by atoms with Gasteiger partial charge in [-0.3, -0.25) is 0 Å². The highest BCUT2D eigenvalue weighted by atomic mass is 127. The summed E-state index contributed by atoms with van der Waals surface area (Å²) in [6.07, 6.45) is 3.83. The van der Waals surface area contributed by atoms with E-state index in [0.717, 1.165) is 40.3 Å². The Bertz CT molecular complexity index is 652. The normalized spacial score (nSPS) is 15.3. The van der Waals surface area contributed by atoms with Gasteiger partial charge < -0.3 is 10.6 Å². The van der Waals surface area contributed by atoms with Crippen LogP contribution in [0.2, 0.25) is 0 Å². The Hall–Kier alpha value is -0.740. The summed E-state index contributed by atoms with van der Waals surface area (Å²) >= 11 is 5.40. The highest BCUT2D eigenvalue weighted by molar-refractivity contribution is 14.0. The minimum Gasteiger partial charge on any atom is -0.370 e. The zero-order valence-corrected chi connectivity index (χ0v) is 17.3. The van der Waals surface area contributed by atoms with E-state index in [9.17, 15) is 0 Å². The molecule has 5 nitrogen and oxygen atoms in total. The predicted octanol–water partition coefficient (Wildman–Crippen LogP) is 3.12. The number of nitrogens with two attached hydrogens (primary N) is 1. The molecule has 2 heterocycles. The molecule has 8 heteroatoms. The van der Waals surface area contributed by atoms with E-state index in [-0.39, 0.29) is 24.0 Å². The summed E-state index contributed by atoms with van der Waals surface area (Å²) < 4.78 is 2.91. The molecule has 1 aliphatic heterocycles. The molecule has 1 aromatic carbocycles. The lowest BCUT2D eigenvalue weighted by molar-refractivity contribution is 0.455. The van der Waals surface area contributed by atoms with Gasteiger partial charge in [0.25, 0.3) is 0 Å². The Morgan fingerprint density at radius 1 is 1.26 bits per heavy atom. The Morgan fingerprint density at radius 3 is 2.65 bits per heavy atom. The molecule has 0 atom stereocenters. The monoisotopic (exact) mass is 507 g/mol. The Balaban J connectivity index is 0.00000192. The van der Waals surface area contributed by atoms with Crippen molar-refractivity contribution in [2.45, 2.75) is 6.54 Å². The fraction of sp³-hybridized carbons (Fsp3) is 0.333. The molecule has 0 spiro atoms. The quantitative estimate of drug-likeness (QED) is 0.394. The maximum Gasteiger partial charge on any atom is 0.191 e. The van der Waals surface area contributed by atoms with Crippen LogP contribution in [0.3, 0.4) is 0 Å². The molecular formula is C15H19BrIN5S. The van der Waals surface area contributed by atoms with Crippen molar-refractivity contribution in [1.29, 1.82) is 0 Å². The molecule has 0 radical (unpaired) electrons. The maximum absolute atomic E-state index is 6.07. The second kappa shape index (κ2) is 8.93. The predicted molar refractivity (Wildman–Crippen MR) is 111 cm³/mol. The lowest BCUT2D eigenvalue weighted by Gasteiger charge is -2.27. The lowest BCUT2D eigenvalue weighted by Crippen LogP contribution is -2.42. The van der Waals surface area contributed by atoms with Crippen LogP contribution in [0.5, 0.6) is 0 Å². The van der Waals surface area contributed by atoms with Gasteiger partial charge in [0.15, 0.2) is 5.96 Å². The van der Waals surface area contributed by atoms with Gasteiger partial charge in [-0.05, 0) is 24.3 Å². The molecule has 1 saturated heterocycles. The topological polar surface area (TPSA) is 59.4 Å². The average molecular weight is 508 g/mol. The molecule has 1 fully saturated rings. The molecule has 0 unspecified atom stereocenters. The largest absolute Gasteiger partial charge is 0.370 e. The van der Waals surface area contributed by atoms with Crippen LogP contribution < -0.4 is 5.73 Å². The van der Waals surface area contributed by atoms with Crippen LogP contribution in [-0.4, -0.2) is 45.2 Å². The molecule has 124 valence electrons. The molecule has 0 bridgehead atoms.